The molecule has 0 spiro atoms. The van der Waals surface area contributed by atoms with Crippen LogP contribution in [0.25, 0.3) is 0 Å². The van der Waals surface area contributed by atoms with Gasteiger partial charge in [-0.15, -0.1) is 36.2 Å². The molecule has 1 aliphatic rings. The van der Waals surface area contributed by atoms with Gasteiger partial charge in [-0.05, 0) is 64.5 Å². The highest BCUT2D eigenvalue weighted by molar-refractivity contribution is 7.09. The maximum atomic E-state index is 11.8. The predicted octanol–water partition coefficient (Wildman–Crippen LogP) is 3.51. The van der Waals surface area contributed by atoms with Crippen LogP contribution in [0.15, 0.2) is 5.38 Å². The van der Waals surface area contributed by atoms with E-state index < -0.39 is 0 Å². The molecular weight excluding hydrogens is 353 g/mol. The molecule has 1 aromatic rings. The van der Waals surface area contributed by atoms with Crippen molar-refractivity contribution in [2.75, 3.05) is 19.6 Å². The molecule has 1 amide bonds. The molecule has 2 heterocycles. The summed E-state index contributed by atoms with van der Waals surface area (Å²) in [5.41, 5.74) is 1.11. The van der Waals surface area contributed by atoms with Crippen LogP contribution in [0.3, 0.4) is 0 Å². The minimum Gasteiger partial charge on any atom is -0.356 e. The molecule has 7 heteroatoms. The first-order valence-electron chi connectivity index (χ1n) is 8.12. The summed E-state index contributed by atoms with van der Waals surface area (Å²) in [5, 5.41) is 9.71. The molecule has 0 unspecified atom stereocenters. The third kappa shape index (κ3) is 9.50. The van der Waals surface area contributed by atoms with Crippen LogP contribution >= 0.6 is 36.2 Å². The van der Waals surface area contributed by atoms with E-state index in [1.807, 2.05) is 6.92 Å². The van der Waals surface area contributed by atoms with Crippen LogP contribution in [0.1, 0.15) is 49.2 Å². The van der Waals surface area contributed by atoms with Gasteiger partial charge in [0.2, 0.25) is 5.91 Å². The topological polar surface area (TPSA) is 54.0 Å². The molecule has 1 saturated heterocycles. The lowest BCUT2D eigenvalue weighted by Crippen LogP contribution is -2.29. The second-order valence-electron chi connectivity index (χ2n) is 5.92. The SMILES string of the molecule is Cc1csc(CCCCNC(=O)CCC2CCNCC2)n1.Cl.Cl. The number of carbonyl (C=O) groups excluding carboxylic acids is 1. The molecule has 1 aliphatic heterocycles. The molecule has 1 fully saturated rings. The summed E-state index contributed by atoms with van der Waals surface area (Å²) in [5.74, 6) is 0.962. The second kappa shape index (κ2) is 13.0. The Labute approximate surface area is 156 Å². The summed E-state index contributed by atoms with van der Waals surface area (Å²) in [6.45, 7) is 5.06. The maximum absolute atomic E-state index is 11.8. The molecule has 23 heavy (non-hydrogen) atoms. The van der Waals surface area contributed by atoms with E-state index in [2.05, 4.69) is 21.0 Å². The fourth-order valence-electron chi connectivity index (χ4n) is 2.74. The number of unbranched alkanes of at least 4 members (excludes halogenated alkanes) is 1. The van der Waals surface area contributed by atoms with Gasteiger partial charge in [0, 0.05) is 24.0 Å². The van der Waals surface area contributed by atoms with Crippen LogP contribution in [0.2, 0.25) is 0 Å². The van der Waals surface area contributed by atoms with Gasteiger partial charge in [0.15, 0.2) is 0 Å². The monoisotopic (exact) mass is 381 g/mol. The lowest BCUT2D eigenvalue weighted by Gasteiger charge is -2.22. The number of carbonyl (C=O) groups is 1. The average Bonchev–Trinajstić information content (AvgIpc) is 2.91. The van der Waals surface area contributed by atoms with Crippen molar-refractivity contribution in [3.8, 4) is 0 Å². The fraction of sp³-hybridized carbons (Fsp3) is 0.750. The van der Waals surface area contributed by atoms with Crippen molar-refractivity contribution in [2.45, 2.75) is 51.9 Å². The van der Waals surface area contributed by atoms with Crippen molar-refractivity contribution >= 4 is 42.1 Å². The van der Waals surface area contributed by atoms with Crippen LogP contribution in [0, 0.1) is 12.8 Å². The van der Waals surface area contributed by atoms with E-state index in [4.69, 9.17) is 0 Å². The van der Waals surface area contributed by atoms with E-state index >= 15 is 0 Å². The van der Waals surface area contributed by atoms with Crippen LogP contribution in [-0.4, -0.2) is 30.5 Å². The number of aromatic nitrogens is 1. The number of nitrogens with one attached hydrogen (secondary N) is 2. The van der Waals surface area contributed by atoms with Gasteiger partial charge in [-0.25, -0.2) is 4.98 Å². The highest BCUT2D eigenvalue weighted by atomic mass is 35.5. The summed E-state index contributed by atoms with van der Waals surface area (Å²) in [6.07, 6.45) is 7.35. The maximum Gasteiger partial charge on any atom is 0.220 e. The number of piperidine rings is 1. The summed E-state index contributed by atoms with van der Waals surface area (Å²) in [7, 11) is 0. The van der Waals surface area contributed by atoms with Crippen molar-refractivity contribution in [3.05, 3.63) is 16.1 Å². The number of halogens is 2. The minimum atomic E-state index is 0. The Morgan fingerprint density at radius 2 is 2.09 bits per heavy atom. The summed E-state index contributed by atoms with van der Waals surface area (Å²) < 4.78 is 0. The molecule has 0 atom stereocenters. The van der Waals surface area contributed by atoms with Crippen LogP contribution < -0.4 is 10.6 Å². The number of amides is 1. The Bertz CT molecular complexity index is 437. The molecule has 0 bridgehead atoms. The van der Waals surface area contributed by atoms with E-state index in [9.17, 15) is 4.79 Å². The molecule has 0 aromatic carbocycles. The van der Waals surface area contributed by atoms with E-state index in [1.165, 1.54) is 17.8 Å². The number of rotatable bonds is 8. The van der Waals surface area contributed by atoms with Crippen LogP contribution in [-0.2, 0) is 11.2 Å². The van der Waals surface area contributed by atoms with Crippen LogP contribution in [0.4, 0.5) is 0 Å². The number of hydrogen-bond acceptors (Lipinski definition) is 4. The van der Waals surface area contributed by atoms with Crippen molar-refractivity contribution < 1.29 is 4.79 Å². The molecule has 134 valence electrons. The molecule has 2 rings (SSSR count). The highest BCUT2D eigenvalue weighted by Crippen LogP contribution is 2.17. The lowest BCUT2D eigenvalue weighted by molar-refractivity contribution is -0.121. The molecule has 4 nitrogen and oxygen atoms in total. The van der Waals surface area contributed by atoms with Gasteiger partial charge in [-0.1, -0.05) is 0 Å². The predicted molar refractivity (Wildman–Crippen MR) is 102 cm³/mol. The van der Waals surface area contributed by atoms with Gasteiger partial charge in [-0.2, -0.15) is 0 Å². The Balaban J connectivity index is 0.00000242. The Hall–Kier alpha value is -0.360. The Morgan fingerprint density at radius 1 is 1.35 bits per heavy atom. The molecule has 1 aromatic heterocycles. The van der Waals surface area contributed by atoms with Gasteiger partial charge in [0.25, 0.3) is 0 Å². The van der Waals surface area contributed by atoms with Gasteiger partial charge in [0.1, 0.15) is 0 Å². The van der Waals surface area contributed by atoms with E-state index in [1.54, 1.807) is 11.3 Å². The zero-order chi connectivity index (χ0) is 14.9. The standard InChI is InChI=1S/C16H27N3OS.2ClH/c1-13-12-21-16(19-13)4-2-3-9-18-15(20)6-5-14-7-10-17-11-8-14;;/h12,14,17H,2-11H2,1H3,(H,18,20);2*1H. The zero-order valence-corrected chi connectivity index (χ0v) is 16.3. The number of aryl methyl sites for hydroxylation is 2. The first-order chi connectivity index (χ1) is 10.2. The molecule has 0 aliphatic carbocycles. The molecule has 2 N–H and O–H groups in total. The van der Waals surface area contributed by atoms with E-state index in [-0.39, 0.29) is 30.7 Å². The minimum absolute atomic E-state index is 0. The molecule has 0 radical (unpaired) electrons. The summed E-state index contributed by atoms with van der Waals surface area (Å²) in [4.78, 5) is 16.2. The largest absolute Gasteiger partial charge is 0.356 e. The van der Waals surface area contributed by atoms with Gasteiger partial charge >= 0.3 is 0 Å². The normalized spacial score (nSPS) is 14.7. The van der Waals surface area contributed by atoms with Gasteiger partial charge in [-0.3, -0.25) is 4.79 Å². The smallest absolute Gasteiger partial charge is 0.220 e. The highest BCUT2D eigenvalue weighted by Gasteiger charge is 2.14. The first kappa shape index (κ1) is 22.6. The third-order valence-corrected chi connectivity index (χ3v) is 5.07. The zero-order valence-electron chi connectivity index (χ0n) is 13.8. The van der Waals surface area contributed by atoms with E-state index in [0.29, 0.717) is 6.42 Å². The van der Waals surface area contributed by atoms with Gasteiger partial charge < -0.3 is 10.6 Å². The van der Waals surface area contributed by atoms with Crippen LogP contribution in [0.5, 0.6) is 0 Å². The Morgan fingerprint density at radius 3 is 2.74 bits per heavy atom. The average molecular weight is 382 g/mol. The Kier molecular flexibility index (Phi) is 12.8. The van der Waals surface area contributed by atoms with Crippen molar-refractivity contribution in [2.24, 2.45) is 5.92 Å². The van der Waals surface area contributed by atoms with Crippen molar-refractivity contribution in [1.82, 2.24) is 15.6 Å². The van der Waals surface area contributed by atoms with Crippen molar-refractivity contribution in [3.63, 3.8) is 0 Å². The fourth-order valence-corrected chi connectivity index (χ4v) is 3.56. The quantitative estimate of drug-likeness (QED) is 0.677. The second-order valence-corrected chi connectivity index (χ2v) is 6.86. The third-order valence-electron chi connectivity index (χ3n) is 4.04. The number of thiazole rings is 1. The number of nitrogens with zero attached hydrogens (tertiary/aromatic N) is 1. The summed E-state index contributed by atoms with van der Waals surface area (Å²) >= 11 is 1.73. The lowest BCUT2D eigenvalue weighted by atomic mass is 9.93. The molecule has 0 saturated carbocycles. The first-order valence-corrected chi connectivity index (χ1v) is 9.00. The van der Waals surface area contributed by atoms with Crippen molar-refractivity contribution in [1.29, 1.82) is 0 Å². The van der Waals surface area contributed by atoms with E-state index in [0.717, 1.165) is 56.9 Å². The van der Waals surface area contributed by atoms with Gasteiger partial charge in [0.05, 0.1) is 5.01 Å². The number of hydrogen-bond donors (Lipinski definition) is 2. The molecular formula is C16H29Cl2N3OS. The summed E-state index contributed by atoms with van der Waals surface area (Å²) in [6, 6.07) is 0.